The largest absolute Gasteiger partial charge is 0.480 e. The summed E-state index contributed by atoms with van der Waals surface area (Å²) in [5, 5.41) is 13.3. The van der Waals surface area contributed by atoms with Crippen molar-refractivity contribution in [1.29, 1.82) is 0 Å². The molecule has 1 amide bonds. The van der Waals surface area contributed by atoms with Crippen LogP contribution in [0.5, 0.6) is 11.8 Å². The number of hydrogen-bond acceptors (Lipinski definition) is 6. The Balaban J connectivity index is 2.05. The minimum absolute atomic E-state index is 0.0271. The number of aliphatic carboxylic acids is 1. The van der Waals surface area contributed by atoms with E-state index in [1.807, 2.05) is 0 Å². The third kappa shape index (κ3) is 2.93. The number of primary amides is 1. The zero-order chi connectivity index (χ0) is 16.4. The smallest absolute Gasteiger partial charge is 0.325 e. The molecule has 2 aromatic heterocycles. The summed E-state index contributed by atoms with van der Waals surface area (Å²) in [5.41, 5.74) is 5.73. The maximum atomic E-state index is 11.5. The highest BCUT2D eigenvalue weighted by Gasteiger charge is 2.17. The SMILES string of the molecule is NC(=O)c1nn(CC(=O)O)c2ccc(Oc3ncccn3)cc12. The Labute approximate surface area is 129 Å². The number of hydrogen-bond donors (Lipinski definition) is 2. The highest BCUT2D eigenvalue weighted by Crippen LogP contribution is 2.26. The standard InChI is InChI=1S/C14H11N5O4/c15-13(22)12-9-6-8(23-14-16-4-1-5-17-14)2-3-10(9)19(18-12)7-11(20)21/h1-6H,7H2,(H2,15,22)(H,20,21). The molecule has 3 aromatic rings. The zero-order valence-electron chi connectivity index (χ0n) is 11.7. The fraction of sp³-hybridized carbons (Fsp3) is 0.0714. The first-order valence-electron chi connectivity index (χ1n) is 6.51. The van der Waals surface area contributed by atoms with Crippen LogP contribution in [0.3, 0.4) is 0 Å². The topological polar surface area (TPSA) is 133 Å². The van der Waals surface area contributed by atoms with Crippen LogP contribution in [0.2, 0.25) is 0 Å². The fourth-order valence-corrected chi connectivity index (χ4v) is 2.10. The van der Waals surface area contributed by atoms with Gasteiger partial charge in [-0.05, 0) is 24.3 Å². The van der Waals surface area contributed by atoms with Crippen molar-refractivity contribution in [2.45, 2.75) is 6.54 Å². The average Bonchev–Trinajstić information content (AvgIpc) is 2.86. The third-order valence-electron chi connectivity index (χ3n) is 2.99. The molecule has 0 saturated carbocycles. The second kappa shape index (κ2) is 5.72. The number of aromatic nitrogens is 4. The minimum atomic E-state index is -1.08. The van der Waals surface area contributed by atoms with Crippen molar-refractivity contribution < 1.29 is 19.4 Å². The Bertz CT molecular complexity index is 891. The van der Waals surface area contributed by atoms with Crippen molar-refractivity contribution in [3.05, 3.63) is 42.4 Å². The molecular weight excluding hydrogens is 302 g/mol. The molecule has 0 aliphatic carbocycles. The van der Waals surface area contributed by atoms with Crippen LogP contribution < -0.4 is 10.5 Å². The van der Waals surface area contributed by atoms with Gasteiger partial charge in [-0.3, -0.25) is 14.3 Å². The van der Waals surface area contributed by atoms with Crippen molar-refractivity contribution in [2.75, 3.05) is 0 Å². The number of nitrogens with two attached hydrogens (primary N) is 1. The van der Waals surface area contributed by atoms with Crippen LogP contribution in [0, 0.1) is 0 Å². The van der Waals surface area contributed by atoms with Crippen molar-refractivity contribution in [3.8, 4) is 11.8 Å². The van der Waals surface area contributed by atoms with E-state index in [0.29, 0.717) is 16.7 Å². The second-order valence-corrected chi connectivity index (χ2v) is 4.58. The van der Waals surface area contributed by atoms with E-state index in [1.165, 1.54) is 23.1 Å². The number of ether oxygens (including phenoxy) is 1. The number of amides is 1. The van der Waals surface area contributed by atoms with Gasteiger partial charge < -0.3 is 15.6 Å². The van der Waals surface area contributed by atoms with E-state index in [1.54, 1.807) is 18.2 Å². The van der Waals surface area contributed by atoms with Gasteiger partial charge in [0.05, 0.1) is 5.52 Å². The maximum absolute atomic E-state index is 11.5. The summed E-state index contributed by atoms with van der Waals surface area (Å²) in [4.78, 5) is 30.3. The Morgan fingerprint density at radius 1 is 1.26 bits per heavy atom. The number of carboxylic acids is 1. The highest BCUT2D eigenvalue weighted by molar-refractivity contribution is 6.04. The number of benzene rings is 1. The molecular formula is C14H11N5O4. The first-order valence-corrected chi connectivity index (χ1v) is 6.51. The Morgan fingerprint density at radius 2 is 2.00 bits per heavy atom. The molecule has 0 unspecified atom stereocenters. The van der Waals surface area contributed by atoms with E-state index >= 15 is 0 Å². The summed E-state index contributed by atoms with van der Waals surface area (Å²) in [6.07, 6.45) is 3.06. The van der Waals surface area contributed by atoms with Crippen LogP contribution in [-0.4, -0.2) is 36.7 Å². The number of rotatable bonds is 5. The number of carbonyl (C=O) groups excluding carboxylic acids is 1. The number of nitrogens with zero attached hydrogens (tertiary/aromatic N) is 4. The summed E-state index contributed by atoms with van der Waals surface area (Å²) in [5.74, 6) is -1.46. The van der Waals surface area contributed by atoms with Crippen LogP contribution in [0.4, 0.5) is 0 Å². The Hall–Kier alpha value is -3.49. The van der Waals surface area contributed by atoms with Gasteiger partial charge in [0.1, 0.15) is 12.3 Å². The van der Waals surface area contributed by atoms with E-state index < -0.39 is 11.9 Å². The van der Waals surface area contributed by atoms with Crippen LogP contribution in [0.25, 0.3) is 10.9 Å². The lowest BCUT2D eigenvalue weighted by Crippen LogP contribution is -2.14. The van der Waals surface area contributed by atoms with Gasteiger partial charge in [0, 0.05) is 17.8 Å². The lowest BCUT2D eigenvalue weighted by Gasteiger charge is -2.04. The molecule has 0 saturated heterocycles. The molecule has 23 heavy (non-hydrogen) atoms. The van der Waals surface area contributed by atoms with Gasteiger partial charge in [-0.25, -0.2) is 9.97 Å². The van der Waals surface area contributed by atoms with E-state index in [4.69, 9.17) is 15.6 Å². The number of carboxylic acid groups (broad SMARTS) is 1. The van der Waals surface area contributed by atoms with Crippen LogP contribution >= 0.6 is 0 Å². The summed E-state index contributed by atoms with van der Waals surface area (Å²) in [7, 11) is 0. The number of fused-ring (bicyclic) bond motifs is 1. The molecule has 9 nitrogen and oxygen atoms in total. The van der Waals surface area contributed by atoms with Crippen molar-refractivity contribution >= 4 is 22.8 Å². The van der Waals surface area contributed by atoms with Gasteiger partial charge in [0.25, 0.3) is 5.91 Å². The van der Waals surface area contributed by atoms with Gasteiger partial charge in [-0.1, -0.05) is 0 Å². The van der Waals surface area contributed by atoms with Crippen LogP contribution in [0.15, 0.2) is 36.7 Å². The lowest BCUT2D eigenvalue weighted by molar-refractivity contribution is -0.137. The molecule has 0 spiro atoms. The normalized spacial score (nSPS) is 10.6. The van der Waals surface area contributed by atoms with Gasteiger partial charge in [-0.2, -0.15) is 5.10 Å². The van der Waals surface area contributed by atoms with E-state index in [2.05, 4.69) is 15.1 Å². The summed E-state index contributed by atoms with van der Waals surface area (Å²) >= 11 is 0. The molecule has 0 aliphatic heterocycles. The third-order valence-corrected chi connectivity index (χ3v) is 2.99. The molecule has 0 radical (unpaired) electrons. The van der Waals surface area contributed by atoms with Gasteiger partial charge in [-0.15, -0.1) is 0 Å². The summed E-state index contributed by atoms with van der Waals surface area (Å²) in [6, 6.07) is 6.53. The molecule has 3 N–H and O–H groups in total. The molecule has 0 atom stereocenters. The molecule has 0 aliphatic rings. The molecule has 9 heteroatoms. The van der Waals surface area contributed by atoms with Crippen LogP contribution in [-0.2, 0) is 11.3 Å². The fourth-order valence-electron chi connectivity index (χ4n) is 2.10. The molecule has 0 bridgehead atoms. The quantitative estimate of drug-likeness (QED) is 0.711. The molecule has 0 fully saturated rings. The predicted molar refractivity (Wildman–Crippen MR) is 78.0 cm³/mol. The van der Waals surface area contributed by atoms with E-state index in [0.717, 1.165) is 0 Å². The minimum Gasteiger partial charge on any atom is -0.480 e. The van der Waals surface area contributed by atoms with Gasteiger partial charge in [0.2, 0.25) is 0 Å². The Kier molecular flexibility index (Phi) is 3.59. The highest BCUT2D eigenvalue weighted by atomic mass is 16.5. The Morgan fingerprint density at radius 3 is 2.65 bits per heavy atom. The number of carbonyl (C=O) groups is 2. The van der Waals surface area contributed by atoms with E-state index in [9.17, 15) is 9.59 Å². The zero-order valence-corrected chi connectivity index (χ0v) is 11.7. The summed E-state index contributed by atoms with van der Waals surface area (Å²) < 4.78 is 6.68. The van der Waals surface area contributed by atoms with Crippen LogP contribution in [0.1, 0.15) is 10.5 Å². The predicted octanol–water partition coefficient (Wildman–Crippen LogP) is 0.802. The average molecular weight is 313 g/mol. The maximum Gasteiger partial charge on any atom is 0.325 e. The monoisotopic (exact) mass is 313 g/mol. The van der Waals surface area contributed by atoms with Crippen molar-refractivity contribution in [2.24, 2.45) is 5.73 Å². The van der Waals surface area contributed by atoms with Crippen molar-refractivity contribution in [1.82, 2.24) is 19.7 Å². The first-order chi connectivity index (χ1) is 11.0. The second-order valence-electron chi connectivity index (χ2n) is 4.58. The molecule has 1 aromatic carbocycles. The van der Waals surface area contributed by atoms with Crippen molar-refractivity contribution in [3.63, 3.8) is 0 Å². The van der Waals surface area contributed by atoms with Gasteiger partial charge >= 0.3 is 12.0 Å². The molecule has 116 valence electrons. The lowest BCUT2D eigenvalue weighted by atomic mass is 10.2. The molecule has 2 heterocycles. The first kappa shape index (κ1) is 14.4. The summed E-state index contributed by atoms with van der Waals surface area (Å²) in [6.45, 7) is -0.383. The van der Waals surface area contributed by atoms with E-state index in [-0.39, 0.29) is 18.2 Å². The van der Waals surface area contributed by atoms with Gasteiger partial charge in [0.15, 0.2) is 5.69 Å². The molecule has 3 rings (SSSR count).